The molecule has 0 aliphatic carbocycles. The summed E-state index contributed by atoms with van der Waals surface area (Å²) < 4.78 is 14.2. The first-order chi connectivity index (χ1) is 12.4. The van der Waals surface area contributed by atoms with E-state index in [1.807, 2.05) is 0 Å². The van der Waals surface area contributed by atoms with E-state index >= 15 is 0 Å². The van der Waals surface area contributed by atoms with E-state index in [9.17, 15) is 24.1 Å². The Morgan fingerprint density at radius 3 is 2.73 bits per heavy atom. The maximum Gasteiger partial charge on any atom is 0.270 e. The van der Waals surface area contributed by atoms with Gasteiger partial charge in [0.1, 0.15) is 11.9 Å². The van der Waals surface area contributed by atoms with Gasteiger partial charge in [0.25, 0.3) is 11.6 Å². The molecule has 2 aromatic rings. The average molecular weight is 378 g/mol. The first kappa shape index (κ1) is 17.8. The number of carbonyl (C=O) groups excluding carboxylic acids is 2. The molecule has 1 aliphatic rings. The number of halogens is 2. The number of carbonyl (C=O) groups is 2. The number of nitro benzene ring substituents is 1. The van der Waals surface area contributed by atoms with Crippen molar-refractivity contribution in [3.63, 3.8) is 0 Å². The first-order valence-electron chi connectivity index (χ1n) is 7.67. The number of rotatable bonds is 3. The van der Waals surface area contributed by atoms with E-state index in [-0.39, 0.29) is 34.9 Å². The van der Waals surface area contributed by atoms with Gasteiger partial charge in [-0.1, -0.05) is 29.8 Å². The van der Waals surface area contributed by atoms with Crippen molar-refractivity contribution in [2.24, 2.45) is 0 Å². The van der Waals surface area contributed by atoms with Gasteiger partial charge in [-0.25, -0.2) is 4.39 Å². The highest BCUT2D eigenvalue weighted by atomic mass is 35.5. The number of hydrogen-bond acceptors (Lipinski definition) is 4. The standard InChI is InChI=1S/C17H13ClFN3O4/c18-13-6-5-10(22(25)26)9-12(13)17(24)21-8-7-20-16(23)15(21)11-3-1-2-4-14(11)19/h1-6,9,15H,7-8H2,(H,20,23)/t15-/m0/s1. The van der Waals surface area contributed by atoms with Crippen molar-refractivity contribution < 1.29 is 18.9 Å². The molecule has 2 amide bonds. The quantitative estimate of drug-likeness (QED) is 0.657. The smallest absolute Gasteiger partial charge is 0.270 e. The van der Waals surface area contributed by atoms with Gasteiger partial charge in [0.05, 0.1) is 15.5 Å². The van der Waals surface area contributed by atoms with Crippen LogP contribution in [0.25, 0.3) is 0 Å². The van der Waals surface area contributed by atoms with Crippen LogP contribution in [0.4, 0.5) is 10.1 Å². The summed E-state index contributed by atoms with van der Waals surface area (Å²) in [4.78, 5) is 36.8. The van der Waals surface area contributed by atoms with Gasteiger partial charge in [0.15, 0.2) is 0 Å². The van der Waals surface area contributed by atoms with Gasteiger partial charge >= 0.3 is 0 Å². The van der Waals surface area contributed by atoms with Crippen LogP contribution in [-0.4, -0.2) is 34.7 Å². The molecule has 1 fully saturated rings. The number of nitrogens with one attached hydrogen (secondary N) is 1. The van der Waals surface area contributed by atoms with Crippen LogP contribution < -0.4 is 5.32 Å². The predicted octanol–water partition coefficient (Wildman–Crippen LogP) is 2.70. The van der Waals surface area contributed by atoms with Crippen LogP contribution in [0.3, 0.4) is 0 Å². The summed E-state index contributed by atoms with van der Waals surface area (Å²) in [5.74, 6) is -1.84. The normalized spacial score (nSPS) is 16.9. The number of non-ortho nitro benzene ring substituents is 1. The van der Waals surface area contributed by atoms with Crippen LogP contribution in [0.2, 0.25) is 5.02 Å². The van der Waals surface area contributed by atoms with Gasteiger partial charge in [-0.15, -0.1) is 0 Å². The van der Waals surface area contributed by atoms with Crippen molar-refractivity contribution in [2.75, 3.05) is 13.1 Å². The zero-order valence-electron chi connectivity index (χ0n) is 13.3. The topological polar surface area (TPSA) is 92.6 Å². The fourth-order valence-electron chi connectivity index (χ4n) is 2.84. The number of nitro groups is 1. The van der Waals surface area contributed by atoms with Gasteiger partial charge in [-0.05, 0) is 12.1 Å². The number of hydrogen-bond donors (Lipinski definition) is 1. The van der Waals surface area contributed by atoms with Gasteiger partial charge in [0.2, 0.25) is 5.91 Å². The highest BCUT2D eigenvalue weighted by Crippen LogP contribution is 2.30. The average Bonchev–Trinajstić information content (AvgIpc) is 2.62. The maximum atomic E-state index is 14.2. The van der Waals surface area contributed by atoms with E-state index in [4.69, 9.17) is 11.6 Å². The van der Waals surface area contributed by atoms with Crippen LogP contribution in [0, 0.1) is 15.9 Å². The molecule has 1 heterocycles. The molecule has 1 aliphatic heterocycles. The molecule has 9 heteroatoms. The largest absolute Gasteiger partial charge is 0.352 e. The molecule has 134 valence electrons. The SMILES string of the molecule is O=C1NCCN(C(=O)c2cc([N+](=O)[O-])ccc2Cl)[C@H]1c1ccccc1F. The lowest BCUT2D eigenvalue weighted by atomic mass is 10.0. The molecule has 7 nitrogen and oxygen atoms in total. The maximum absolute atomic E-state index is 14.2. The van der Waals surface area contributed by atoms with Crippen LogP contribution >= 0.6 is 11.6 Å². The molecule has 0 saturated carbocycles. The molecule has 3 rings (SSSR count). The molecule has 0 unspecified atom stereocenters. The van der Waals surface area contributed by atoms with Crippen LogP contribution in [-0.2, 0) is 4.79 Å². The second-order valence-corrected chi connectivity index (χ2v) is 6.04. The fraction of sp³-hybridized carbons (Fsp3) is 0.176. The Kier molecular flexibility index (Phi) is 4.85. The predicted molar refractivity (Wildman–Crippen MR) is 91.3 cm³/mol. The van der Waals surface area contributed by atoms with Crippen molar-refractivity contribution >= 4 is 29.1 Å². The third-order valence-electron chi connectivity index (χ3n) is 4.06. The molecular formula is C17H13ClFN3O4. The van der Waals surface area contributed by atoms with E-state index in [1.54, 1.807) is 6.07 Å². The second kappa shape index (κ2) is 7.09. The van der Waals surface area contributed by atoms with Gasteiger partial charge in [-0.3, -0.25) is 19.7 Å². The third kappa shape index (κ3) is 3.23. The molecule has 1 N–H and O–H groups in total. The van der Waals surface area contributed by atoms with Gasteiger partial charge in [0, 0.05) is 30.8 Å². The minimum Gasteiger partial charge on any atom is -0.352 e. The molecule has 1 saturated heterocycles. The minimum atomic E-state index is -1.19. The number of piperazine rings is 1. The van der Waals surface area contributed by atoms with E-state index in [1.165, 1.54) is 35.2 Å². The Morgan fingerprint density at radius 2 is 2.04 bits per heavy atom. The molecule has 0 aromatic heterocycles. The summed E-state index contributed by atoms with van der Waals surface area (Å²) in [6.07, 6.45) is 0. The summed E-state index contributed by atoms with van der Waals surface area (Å²) in [5, 5.41) is 13.6. The number of nitrogens with zero attached hydrogens (tertiary/aromatic N) is 2. The number of amides is 2. The van der Waals surface area contributed by atoms with Crippen LogP contribution in [0.15, 0.2) is 42.5 Å². The molecule has 1 atom stereocenters. The van der Waals surface area contributed by atoms with E-state index in [2.05, 4.69) is 5.32 Å². The Bertz CT molecular complexity index is 905. The Hall–Kier alpha value is -3.00. The van der Waals surface area contributed by atoms with E-state index < -0.39 is 28.6 Å². The van der Waals surface area contributed by atoms with Crippen LogP contribution in [0.5, 0.6) is 0 Å². The molecule has 2 aromatic carbocycles. The van der Waals surface area contributed by atoms with Gasteiger partial charge < -0.3 is 10.2 Å². The third-order valence-corrected chi connectivity index (χ3v) is 4.39. The molecule has 0 spiro atoms. The summed E-state index contributed by atoms with van der Waals surface area (Å²) in [7, 11) is 0. The Balaban J connectivity index is 2.04. The zero-order valence-corrected chi connectivity index (χ0v) is 14.1. The Labute approximate surface area is 152 Å². The minimum absolute atomic E-state index is 0.0128. The summed E-state index contributed by atoms with van der Waals surface area (Å²) >= 11 is 6.03. The highest BCUT2D eigenvalue weighted by Gasteiger charge is 2.37. The monoisotopic (exact) mass is 377 g/mol. The second-order valence-electron chi connectivity index (χ2n) is 5.63. The Morgan fingerprint density at radius 1 is 1.31 bits per heavy atom. The van der Waals surface area contributed by atoms with Crippen molar-refractivity contribution in [3.8, 4) is 0 Å². The molecule has 0 radical (unpaired) electrons. The van der Waals surface area contributed by atoms with Crippen molar-refractivity contribution in [1.82, 2.24) is 10.2 Å². The van der Waals surface area contributed by atoms with Crippen molar-refractivity contribution in [1.29, 1.82) is 0 Å². The van der Waals surface area contributed by atoms with E-state index in [0.717, 1.165) is 6.07 Å². The fourth-order valence-corrected chi connectivity index (χ4v) is 3.04. The van der Waals surface area contributed by atoms with Crippen molar-refractivity contribution in [3.05, 3.63) is 74.5 Å². The molecule has 0 bridgehead atoms. The zero-order chi connectivity index (χ0) is 18.8. The summed E-state index contributed by atoms with van der Waals surface area (Å²) in [5.41, 5.74) is -0.377. The lowest BCUT2D eigenvalue weighted by Crippen LogP contribution is -2.52. The van der Waals surface area contributed by atoms with Crippen molar-refractivity contribution in [2.45, 2.75) is 6.04 Å². The van der Waals surface area contributed by atoms with E-state index in [0.29, 0.717) is 0 Å². The lowest BCUT2D eigenvalue weighted by Gasteiger charge is -2.35. The molecule has 26 heavy (non-hydrogen) atoms. The molecular weight excluding hydrogens is 365 g/mol. The summed E-state index contributed by atoms with van der Waals surface area (Å²) in [6.45, 7) is 0.296. The lowest BCUT2D eigenvalue weighted by molar-refractivity contribution is -0.384. The first-order valence-corrected chi connectivity index (χ1v) is 8.05. The summed E-state index contributed by atoms with van der Waals surface area (Å²) in [6, 6.07) is 7.93. The number of benzene rings is 2. The van der Waals surface area contributed by atoms with Crippen LogP contribution in [0.1, 0.15) is 22.0 Å². The van der Waals surface area contributed by atoms with Gasteiger partial charge in [-0.2, -0.15) is 0 Å². The highest BCUT2D eigenvalue weighted by molar-refractivity contribution is 6.34.